The fourth-order valence-corrected chi connectivity index (χ4v) is 3.30. The quantitative estimate of drug-likeness (QED) is 0.739. The van der Waals surface area contributed by atoms with Gasteiger partial charge in [-0.05, 0) is 76.5 Å². The summed E-state index contributed by atoms with van der Waals surface area (Å²) in [7, 11) is 0. The molecule has 25 heavy (non-hydrogen) atoms. The SMILES string of the molecule is CCC1(C#Cc2nc(N[C@H](C)C3CC3)nc(N[C@H](C)C3CC3)n2)CC1. The van der Waals surface area contributed by atoms with Crippen LogP contribution in [0.2, 0.25) is 0 Å². The number of hydrogen-bond donors (Lipinski definition) is 2. The maximum absolute atomic E-state index is 4.60. The summed E-state index contributed by atoms with van der Waals surface area (Å²) in [5.41, 5.74) is 0.219. The Morgan fingerprint density at radius 3 is 1.88 bits per heavy atom. The molecule has 0 aromatic carbocycles. The molecule has 134 valence electrons. The van der Waals surface area contributed by atoms with E-state index in [-0.39, 0.29) is 5.41 Å². The van der Waals surface area contributed by atoms with Crippen LogP contribution >= 0.6 is 0 Å². The van der Waals surface area contributed by atoms with Crippen molar-refractivity contribution in [3.63, 3.8) is 0 Å². The van der Waals surface area contributed by atoms with Crippen LogP contribution in [-0.2, 0) is 0 Å². The zero-order valence-electron chi connectivity index (χ0n) is 15.6. The molecule has 1 aromatic rings. The van der Waals surface area contributed by atoms with Gasteiger partial charge in [-0.25, -0.2) is 0 Å². The number of aromatic nitrogens is 3. The van der Waals surface area contributed by atoms with Gasteiger partial charge in [0, 0.05) is 17.5 Å². The van der Waals surface area contributed by atoms with Gasteiger partial charge in [0.25, 0.3) is 0 Å². The monoisotopic (exact) mass is 339 g/mol. The molecule has 0 amide bonds. The van der Waals surface area contributed by atoms with E-state index in [2.05, 4.69) is 58.2 Å². The third-order valence-corrected chi connectivity index (χ3v) is 5.98. The van der Waals surface area contributed by atoms with Gasteiger partial charge in [0.05, 0.1) is 0 Å². The molecule has 3 saturated carbocycles. The summed E-state index contributed by atoms with van der Waals surface area (Å²) in [4.78, 5) is 13.7. The van der Waals surface area contributed by atoms with Crippen LogP contribution in [0.1, 0.15) is 71.5 Å². The predicted octanol–water partition coefficient (Wildman–Crippen LogP) is 3.83. The van der Waals surface area contributed by atoms with Crippen LogP contribution < -0.4 is 10.6 Å². The van der Waals surface area contributed by atoms with Crippen molar-refractivity contribution in [3.05, 3.63) is 5.82 Å². The lowest BCUT2D eigenvalue weighted by Gasteiger charge is -2.16. The minimum Gasteiger partial charge on any atom is -0.351 e. The van der Waals surface area contributed by atoms with Gasteiger partial charge in [0.15, 0.2) is 0 Å². The standard InChI is InChI=1S/C20H29N5/c1-4-20(11-12-20)10-9-17-23-18(21-13(2)15-5-6-15)25-19(24-17)22-14(3)16-7-8-16/h13-16H,4-8,11-12H2,1-3H3,(H2,21,22,23,24,25)/t13-,14-/m1/s1. The van der Waals surface area contributed by atoms with Crippen LogP contribution in [0.4, 0.5) is 11.9 Å². The molecule has 3 aliphatic rings. The van der Waals surface area contributed by atoms with Gasteiger partial charge in [-0.15, -0.1) is 0 Å². The number of anilines is 2. The maximum atomic E-state index is 4.60. The molecule has 0 saturated heterocycles. The number of nitrogens with zero attached hydrogens (tertiary/aromatic N) is 3. The Kier molecular flexibility index (Phi) is 4.31. The van der Waals surface area contributed by atoms with Gasteiger partial charge < -0.3 is 10.6 Å². The lowest BCUT2D eigenvalue weighted by atomic mass is 10.1. The van der Waals surface area contributed by atoms with Crippen molar-refractivity contribution >= 4 is 11.9 Å². The Balaban J connectivity index is 1.54. The van der Waals surface area contributed by atoms with Crippen LogP contribution in [-0.4, -0.2) is 27.0 Å². The molecule has 0 bridgehead atoms. The molecule has 1 heterocycles. The highest BCUT2D eigenvalue weighted by Crippen LogP contribution is 2.47. The first kappa shape index (κ1) is 16.6. The molecule has 2 atom stereocenters. The fourth-order valence-electron chi connectivity index (χ4n) is 3.30. The highest BCUT2D eigenvalue weighted by Gasteiger charge is 2.39. The lowest BCUT2D eigenvalue weighted by molar-refractivity contribution is 0.650. The Hall–Kier alpha value is -1.83. The van der Waals surface area contributed by atoms with Crippen LogP contribution in [0.5, 0.6) is 0 Å². The molecular weight excluding hydrogens is 310 g/mol. The summed E-state index contributed by atoms with van der Waals surface area (Å²) in [6.07, 6.45) is 8.72. The van der Waals surface area contributed by atoms with Crippen molar-refractivity contribution in [1.29, 1.82) is 0 Å². The van der Waals surface area contributed by atoms with Gasteiger partial charge in [-0.1, -0.05) is 12.8 Å². The average Bonchev–Trinajstić information content (AvgIpc) is 3.49. The van der Waals surface area contributed by atoms with Crippen LogP contribution in [0.25, 0.3) is 0 Å². The predicted molar refractivity (Wildman–Crippen MR) is 100 cm³/mol. The largest absolute Gasteiger partial charge is 0.351 e. The number of hydrogen-bond acceptors (Lipinski definition) is 5. The van der Waals surface area contributed by atoms with Gasteiger partial charge in [-0.2, -0.15) is 15.0 Å². The Morgan fingerprint density at radius 1 is 0.960 bits per heavy atom. The zero-order valence-corrected chi connectivity index (χ0v) is 15.6. The van der Waals surface area contributed by atoms with E-state index in [9.17, 15) is 0 Å². The zero-order chi connectivity index (χ0) is 17.4. The smallest absolute Gasteiger partial charge is 0.228 e. The fraction of sp³-hybridized carbons (Fsp3) is 0.750. The van der Waals surface area contributed by atoms with Crippen molar-refractivity contribution in [3.8, 4) is 11.8 Å². The minimum absolute atomic E-state index is 0.219. The molecular formula is C20H29N5. The molecule has 3 fully saturated rings. The first-order valence-corrected chi connectivity index (χ1v) is 9.89. The van der Waals surface area contributed by atoms with E-state index in [4.69, 9.17) is 0 Å². The summed E-state index contributed by atoms with van der Waals surface area (Å²) >= 11 is 0. The summed E-state index contributed by atoms with van der Waals surface area (Å²) in [5, 5.41) is 6.92. The highest BCUT2D eigenvalue weighted by molar-refractivity contribution is 5.41. The van der Waals surface area contributed by atoms with E-state index in [0.717, 1.165) is 18.3 Å². The van der Waals surface area contributed by atoms with Crippen molar-refractivity contribution in [2.24, 2.45) is 17.3 Å². The molecule has 1 aromatic heterocycles. The number of nitrogens with one attached hydrogen (secondary N) is 2. The second-order valence-corrected chi connectivity index (χ2v) is 8.23. The Bertz CT molecular complexity index is 654. The van der Waals surface area contributed by atoms with Crippen molar-refractivity contribution < 1.29 is 0 Å². The number of rotatable bonds is 7. The van der Waals surface area contributed by atoms with E-state index in [0.29, 0.717) is 29.8 Å². The maximum Gasteiger partial charge on any atom is 0.228 e. The second-order valence-electron chi connectivity index (χ2n) is 8.23. The summed E-state index contributed by atoms with van der Waals surface area (Å²) in [6, 6.07) is 0.810. The van der Waals surface area contributed by atoms with Gasteiger partial charge >= 0.3 is 0 Å². The molecule has 3 aliphatic carbocycles. The first-order chi connectivity index (χ1) is 12.1. The Morgan fingerprint density at radius 2 is 1.48 bits per heavy atom. The normalized spacial score (nSPS) is 23.2. The summed E-state index contributed by atoms with van der Waals surface area (Å²) < 4.78 is 0. The molecule has 5 heteroatoms. The Labute approximate surface area is 150 Å². The first-order valence-electron chi connectivity index (χ1n) is 9.89. The topological polar surface area (TPSA) is 62.7 Å². The van der Waals surface area contributed by atoms with E-state index in [1.165, 1.54) is 38.5 Å². The molecule has 0 radical (unpaired) electrons. The average molecular weight is 339 g/mol. The molecule has 0 unspecified atom stereocenters. The summed E-state index contributed by atoms with van der Waals surface area (Å²) in [6.45, 7) is 6.63. The van der Waals surface area contributed by atoms with E-state index < -0.39 is 0 Å². The van der Waals surface area contributed by atoms with E-state index in [1.807, 2.05) is 0 Å². The summed E-state index contributed by atoms with van der Waals surface area (Å²) in [5.74, 6) is 10.0. The van der Waals surface area contributed by atoms with Gasteiger partial charge in [-0.3, -0.25) is 0 Å². The molecule has 4 rings (SSSR count). The third kappa shape index (κ3) is 4.23. The van der Waals surface area contributed by atoms with Crippen molar-refractivity contribution in [2.45, 2.75) is 77.8 Å². The third-order valence-electron chi connectivity index (χ3n) is 5.98. The van der Waals surface area contributed by atoms with E-state index in [1.54, 1.807) is 0 Å². The van der Waals surface area contributed by atoms with Gasteiger partial charge in [0.2, 0.25) is 17.7 Å². The molecule has 0 aliphatic heterocycles. The van der Waals surface area contributed by atoms with E-state index >= 15 is 0 Å². The van der Waals surface area contributed by atoms with Gasteiger partial charge in [0.1, 0.15) is 0 Å². The molecule has 2 N–H and O–H groups in total. The van der Waals surface area contributed by atoms with Crippen LogP contribution in [0, 0.1) is 29.1 Å². The van der Waals surface area contributed by atoms with Crippen LogP contribution in [0.15, 0.2) is 0 Å². The van der Waals surface area contributed by atoms with Crippen molar-refractivity contribution in [2.75, 3.05) is 10.6 Å². The molecule has 0 spiro atoms. The minimum atomic E-state index is 0.219. The highest BCUT2D eigenvalue weighted by atomic mass is 15.2. The lowest BCUT2D eigenvalue weighted by Crippen LogP contribution is -2.23. The molecule has 5 nitrogen and oxygen atoms in total. The van der Waals surface area contributed by atoms with Crippen molar-refractivity contribution in [1.82, 2.24) is 15.0 Å². The van der Waals surface area contributed by atoms with Crippen LogP contribution in [0.3, 0.4) is 0 Å². The second kappa shape index (κ2) is 6.48.